The Kier molecular flexibility index (Phi) is 4.49. The van der Waals surface area contributed by atoms with Gasteiger partial charge in [0.25, 0.3) is 5.91 Å². The predicted octanol–water partition coefficient (Wildman–Crippen LogP) is 2.96. The summed E-state index contributed by atoms with van der Waals surface area (Å²) in [6.45, 7) is 2.52. The third-order valence-corrected chi connectivity index (χ3v) is 5.02. The van der Waals surface area contributed by atoms with E-state index in [1.807, 2.05) is 37.3 Å². The fourth-order valence-electron chi connectivity index (χ4n) is 3.47. The third-order valence-electron chi connectivity index (χ3n) is 5.02. The molecule has 1 amide bonds. The van der Waals surface area contributed by atoms with Gasteiger partial charge in [-0.25, -0.2) is 0 Å². The van der Waals surface area contributed by atoms with Crippen molar-refractivity contribution in [1.29, 1.82) is 0 Å². The van der Waals surface area contributed by atoms with Crippen molar-refractivity contribution in [2.24, 2.45) is 0 Å². The Hall–Kier alpha value is -2.82. The van der Waals surface area contributed by atoms with E-state index in [0.717, 1.165) is 11.1 Å². The number of carbonyl (C=O) groups is 2. The zero-order chi connectivity index (χ0) is 18.0. The molecular formula is C20H21NO4. The summed E-state index contributed by atoms with van der Waals surface area (Å²) in [7, 11) is 0. The van der Waals surface area contributed by atoms with E-state index < -0.39 is 11.4 Å². The molecule has 1 saturated heterocycles. The molecule has 0 bridgehead atoms. The Morgan fingerprint density at radius 3 is 2.24 bits per heavy atom. The second-order valence-electron chi connectivity index (χ2n) is 6.57. The van der Waals surface area contributed by atoms with Gasteiger partial charge in [0, 0.05) is 13.1 Å². The Morgan fingerprint density at radius 2 is 1.68 bits per heavy atom. The minimum Gasteiger partial charge on any atom is -0.507 e. The molecule has 5 heteroatoms. The maximum Gasteiger partial charge on any atom is 0.314 e. The van der Waals surface area contributed by atoms with Gasteiger partial charge in [-0.15, -0.1) is 0 Å². The number of piperidine rings is 1. The summed E-state index contributed by atoms with van der Waals surface area (Å²) in [6.07, 6.45) is 0.704. The fourth-order valence-corrected chi connectivity index (χ4v) is 3.47. The maximum atomic E-state index is 12.7. The number of phenolic OH excluding ortho intramolecular Hbond substituents is 1. The fraction of sp³-hybridized carbons (Fsp3) is 0.300. The van der Waals surface area contributed by atoms with Crippen LogP contribution in [-0.4, -0.2) is 40.1 Å². The molecule has 1 aliphatic rings. The minimum atomic E-state index is -0.965. The summed E-state index contributed by atoms with van der Waals surface area (Å²) >= 11 is 0. The lowest BCUT2D eigenvalue weighted by Gasteiger charge is -2.39. The number of hydrogen-bond acceptors (Lipinski definition) is 3. The summed E-state index contributed by atoms with van der Waals surface area (Å²) in [5, 5.41) is 19.8. The minimum absolute atomic E-state index is 0.0388. The van der Waals surface area contributed by atoms with Crippen LogP contribution >= 0.6 is 0 Å². The number of carboxylic acids is 1. The van der Waals surface area contributed by atoms with Gasteiger partial charge in [-0.3, -0.25) is 9.59 Å². The van der Waals surface area contributed by atoms with E-state index in [1.165, 1.54) is 0 Å². The molecule has 0 radical (unpaired) electrons. The average Bonchev–Trinajstić information content (AvgIpc) is 2.62. The van der Waals surface area contributed by atoms with Crippen LogP contribution in [0.2, 0.25) is 0 Å². The van der Waals surface area contributed by atoms with Gasteiger partial charge >= 0.3 is 5.97 Å². The number of hydrogen-bond donors (Lipinski definition) is 2. The van der Waals surface area contributed by atoms with Crippen LogP contribution < -0.4 is 0 Å². The number of aryl methyl sites for hydroxylation is 1. The van der Waals surface area contributed by atoms with E-state index in [-0.39, 0.29) is 17.2 Å². The molecule has 0 spiro atoms. The zero-order valence-corrected chi connectivity index (χ0v) is 14.1. The summed E-state index contributed by atoms with van der Waals surface area (Å²) < 4.78 is 0. The first kappa shape index (κ1) is 17.0. The van der Waals surface area contributed by atoms with Crippen molar-refractivity contribution in [1.82, 2.24) is 4.90 Å². The molecule has 2 aromatic carbocycles. The molecule has 25 heavy (non-hydrogen) atoms. The van der Waals surface area contributed by atoms with Gasteiger partial charge in [-0.05, 0) is 43.0 Å². The molecule has 1 fully saturated rings. The number of rotatable bonds is 3. The van der Waals surface area contributed by atoms with Crippen LogP contribution in [0.4, 0.5) is 0 Å². The quantitative estimate of drug-likeness (QED) is 0.901. The average molecular weight is 339 g/mol. The number of aliphatic carboxylic acids is 1. The second-order valence-corrected chi connectivity index (χ2v) is 6.57. The van der Waals surface area contributed by atoms with Crippen LogP contribution in [-0.2, 0) is 10.2 Å². The number of benzene rings is 2. The highest BCUT2D eigenvalue weighted by Gasteiger charge is 2.44. The lowest BCUT2D eigenvalue weighted by molar-refractivity contribution is -0.145. The van der Waals surface area contributed by atoms with E-state index in [2.05, 4.69) is 0 Å². The van der Waals surface area contributed by atoms with Crippen molar-refractivity contribution < 1.29 is 19.8 Å². The monoisotopic (exact) mass is 339 g/mol. The normalized spacial score (nSPS) is 16.4. The number of phenols is 1. The van der Waals surface area contributed by atoms with Gasteiger partial charge in [0.2, 0.25) is 0 Å². The molecule has 5 nitrogen and oxygen atoms in total. The van der Waals surface area contributed by atoms with E-state index in [1.54, 1.807) is 23.1 Å². The molecule has 1 aliphatic heterocycles. The predicted molar refractivity (Wildman–Crippen MR) is 93.7 cm³/mol. The molecule has 2 N–H and O–H groups in total. The van der Waals surface area contributed by atoms with Crippen LogP contribution in [0.3, 0.4) is 0 Å². The largest absolute Gasteiger partial charge is 0.507 e. The number of aromatic hydroxyl groups is 1. The first-order chi connectivity index (χ1) is 11.9. The molecule has 130 valence electrons. The zero-order valence-electron chi connectivity index (χ0n) is 14.1. The SMILES string of the molecule is Cc1ccc(C(=O)N2CCC(C(=O)O)(c3ccccc3)CC2)c(O)c1. The molecule has 3 rings (SSSR count). The molecule has 0 unspecified atom stereocenters. The van der Waals surface area contributed by atoms with Crippen LogP contribution in [0.1, 0.15) is 34.3 Å². The molecule has 0 saturated carbocycles. The summed E-state index contributed by atoms with van der Waals surface area (Å²) in [5.74, 6) is -1.16. The Morgan fingerprint density at radius 1 is 1.04 bits per heavy atom. The van der Waals surface area contributed by atoms with E-state index in [9.17, 15) is 19.8 Å². The Balaban J connectivity index is 1.80. The number of carbonyl (C=O) groups excluding carboxylic acids is 1. The van der Waals surface area contributed by atoms with Gasteiger partial charge in [-0.1, -0.05) is 36.4 Å². The number of carboxylic acid groups (broad SMARTS) is 1. The molecule has 0 aromatic heterocycles. The summed E-state index contributed by atoms with van der Waals surface area (Å²) in [4.78, 5) is 26.3. The summed E-state index contributed by atoms with van der Waals surface area (Å²) in [5.41, 5.74) is 0.940. The topological polar surface area (TPSA) is 77.8 Å². The number of amides is 1. The van der Waals surface area contributed by atoms with Crippen LogP contribution in [0.5, 0.6) is 5.75 Å². The molecule has 1 heterocycles. The standard InChI is InChI=1S/C20H21NO4/c1-14-7-8-16(17(22)13-14)18(23)21-11-9-20(10-12-21,19(24)25)15-5-3-2-4-6-15/h2-8,13,22H,9-12H2,1H3,(H,24,25). The maximum absolute atomic E-state index is 12.7. The lowest BCUT2D eigenvalue weighted by atomic mass is 9.72. The first-order valence-electron chi connectivity index (χ1n) is 8.32. The van der Waals surface area contributed by atoms with E-state index in [4.69, 9.17) is 0 Å². The van der Waals surface area contributed by atoms with Crippen LogP contribution in [0.25, 0.3) is 0 Å². The van der Waals surface area contributed by atoms with Crippen molar-refractivity contribution in [3.05, 3.63) is 65.2 Å². The molecule has 0 atom stereocenters. The van der Waals surface area contributed by atoms with Crippen molar-refractivity contribution in [2.45, 2.75) is 25.2 Å². The van der Waals surface area contributed by atoms with Crippen molar-refractivity contribution in [3.8, 4) is 5.75 Å². The molecule has 2 aromatic rings. The second kappa shape index (κ2) is 6.59. The molecule has 0 aliphatic carbocycles. The smallest absolute Gasteiger partial charge is 0.314 e. The third kappa shape index (κ3) is 3.09. The van der Waals surface area contributed by atoms with Gasteiger partial charge < -0.3 is 15.1 Å². The van der Waals surface area contributed by atoms with E-state index in [0.29, 0.717) is 25.9 Å². The Bertz CT molecular complexity index is 793. The van der Waals surface area contributed by atoms with E-state index >= 15 is 0 Å². The van der Waals surface area contributed by atoms with Gasteiger partial charge in [-0.2, -0.15) is 0 Å². The number of nitrogens with zero attached hydrogens (tertiary/aromatic N) is 1. The van der Waals surface area contributed by atoms with Crippen molar-refractivity contribution in [3.63, 3.8) is 0 Å². The van der Waals surface area contributed by atoms with Gasteiger partial charge in [0.1, 0.15) is 5.75 Å². The van der Waals surface area contributed by atoms with Gasteiger partial charge in [0.15, 0.2) is 0 Å². The van der Waals surface area contributed by atoms with Crippen molar-refractivity contribution >= 4 is 11.9 Å². The van der Waals surface area contributed by atoms with Crippen LogP contribution in [0, 0.1) is 6.92 Å². The highest BCUT2D eigenvalue weighted by molar-refractivity contribution is 5.97. The summed E-state index contributed by atoms with van der Waals surface area (Å²) in [6, 6.07) is 14.1. The van der Waals surface area contributed by atoms with Crippen LogP contribution in [0.15, 0.2) is 48.5 Å². The first-order valence-corrected chi connectivity index (χ1v) is 8.32. The van der Waals surface area contributed by atoms with Gasteiger partial charge in [0.05, 0.1) is 11.0 Å². The lowest BCUT2D eigenvalue weighted by Crippen LogP contribution is -2.49. The van der Waals surface area contributed by atoms with Crippen molar-refractivity contribution in [2.75, 3.05) is 13.1 Å². The highest BCUT2D eigenvalue weighted by Crippen LogP contribution is 2.36. The Labute approximate surface area is 146 Å². The molecular weight excluding hydrogens is 318 g/mol. The highest BCUT2D eigenvalue weighted by atomic mass is 16.4. The number of likely N-dealkylation sites (tertiary alicyclic amines) is 1.